The SMILES string of the molecule is N#Cc1cccc(C(=O)N2CCN(Cc3nc(N)c4ccccc4n3)CC2)c1. The van der Waals surface area contributed by atoms with Crippen LogP contribution in [0.4, 0.5) is 5.82 Å². The predicted octanol–water partition coefficient (Wildman–Crippen LogP) is 2.04. The van der Waals surface area contributed by atoms with Crippen molar-refractivity contribution >= 4 is 22.6 Å². The molecule has 2 aromatic carbocycles. The third-order valence-electron chi connectivity index (χ3n) is 4.94. The zero-order valence-corrected chi connectivity index (χ0v) is 15.4. The van der Waals surface area contributed by atoms with Crippen molar-refractivity contribution in [3.8, 4) is 6.07 Å². The number of piperazine rings is 1. The van der Waals surface area contributed by atoms with Crippen LogP contribution in [0.25, 0.3) is 10.9 Å². The van der Waals surface area contributed by atoms with Crippen molar-refractivity contribution in [1.29, 1.82) is 5.26 Å². The van der Waals surface area contributed by atoms with Gasteiger partial charge in [0.25, 0.3) is 5.91 Å². The number of benzene rings is 2. The van der Waals surface area contributed by atoms with E-state index >= 15 is 0 Å². The van der Waals surface area contributed by atoms with Crippen molar-refractivity contribution in [3.05, 3.63) is 65.5 Å². The number of carbonyl (C=O) groups is 1. The van der Waals surface area contributed by atoms with Crippen molar-refractivity contribution in [2.45, 2.75) is 6.54 Å². The van der Waals surface area contributed by atoms with E-state index in [0.29, 0.717) is 42.4 Å². The monoisotopic (exact) mass is 372 g/mol. The van der Waals surface area contributed by atoms with E-state index < -0.39 is 0 Å². The third kappa shape index (κ3) is 3.63. The number of fused-ring (bicyclic) bond motifs is 1. The van der Waals surface area contributed by atoms with Crippen molar-refractivity contribution in [3.63, 3.8) is 0 Å². The molecule has 0 atom stereocenters. The Bertz CT molecular complexity index is 1070. The van der Waals surface area contributed by atoms with Gasteiger partial charge in [0.15, 0.2) is 0 Å². The maximum absolute atomic E-state index is 12.7. The van der Waals surface area contributed by atoms with Crippen LogP contribution in [-0.2, 0) is 6.54 Å². The van der Waals surface area contributed by atoms with Crippen molar-refractivity contribution in [1.82, 2.24) is 19.8 Å². The largest absolute Gasteiger partial charge is 0.383 e. The zero-order valence-electron chi connectivity index (χ0n) is 15.4. The quantitative estimate of drug-likeness (QED) is 0.755. The standard InChI is InChI=1S/C21H20N6O/c22-13-15-4-3-5-16(12-15)21(28)27-10-8-26(9-11-27)14-19-24-18-7-2-1-6-17(18)20(23)25-19/h1-7,12H,8-11,14H2,(H2,23,24,25). The smallest absolute Gasteiger partial charge is 0.253 e. The number of hydrogen-bond donors (Lipinski definition) is 1. The lowest BCUT2D eigenvalue weighted by Crippen LogP contribution is -2.48. The molecule has 0 spiro atoms. The molecule has 2 heterocycles. The molecule has 7 nitrogen and oxygen atoms in total. The fraction of sp³-hybridized carbons (Fsp3) is 0.238. The molecule has 4 rings (SSSR count). The van der Waals surface area contributed by atoms with Gasteiger partial charge in [-0.2, -0.15) is 5.26 Å². The summed E-state index contributed by atoms with van der Waals surface area (Å²) in [5, 5.41) is 9.87. The highest BCUT2D eigenvalue weighted by Crippen LogP contribution is 2.18. The van der Waals surface area contributed by atoms with Crippen LogP contribution in [0.1, 0.15) is 21.7 Å². The number of anilines is 1. The predicted molar refractivity (Wildman–Crippen MR) is 106 cm³/mol. The number of nitrogen functional groups attached to an aromatic ring is 1. The van der Waals surface area contributed by atoms with Crippen molar-refractivity contribution in [2.24, 2.45) is 0 Å². The summed E-state index contributed by atoms with van der Waals surface area (Å²) in [6.45, 7) is 3.32. The second-order valence-electron chi connectivity index (χ2n) is 6.80. The lowest BCUT2D eigenvalue weighted by Gasteiger charge is -2.34. The Balaban J connectivity index is 1.40. The minimum atomic E-state index is -0.0389. The van der Waals surface area contributed by atoms with E-state index in [2.05, 4.69) is 20.9 Å². The van der Waals surface area contributed by atoms with Crippen LogP contribution in [0, 0.1) is 11.3 Å². The van der Waals surface area contributed by atoms with Gasteiger partial charge in [-0.3, -0.25) is 9.69 Å². The van der Waals surface area contributed by atoms with Crippen LogP contribution >= 0.6 is 0 Å². The average molecular weight is 372 g/mol. The number of nitrogens with zero attached hydrogens (tertiary/aromatic N) is 5. The van der Waals surface area contributed by atoms with Gasteiger partial charge in [-0.1, -0.05) is 18.2 Å². The van der Waals surface area contributed by atoms with Crippen LogP contribution in [0.15, 0.2) is 48.5 Å². The molecule has 0 unspecified atom stereocenters. The lowest BCUT2D eigenvalue weighted by molar-refractivity contribution is 0.0625. The van der Waals surface area contributed by atoms with Crippen molar-refractivity contribution < 1.29 is 4.79 Å². The summed E-state index contributed by atoms with van der Waals surface area (Å²) in [5.41, 5.74) is 7.96. The Labute approximate surface area is 163 Å². The molecule has 2 N–H and O–H groups in total. The Morgan fingerprint density at radius 2 is 1.86 bits per heavy atom. The van der Waals surface area contributed by atoms with Gasteiger partial charge in [0.05, 0.1) is 23.7 Å². The molecule has 1 aromatic heterocycles. The number of carbonyl (C=O) groups excluding carboxylic acids is 1. The number of nitriles is 1. The van der Waals surface area contributed by atoms with E-state index in [1.54, 1.807) is 24.3 Å². The van der Waals surface area contributed by atoms with Crippen molar-refractivity contribution in [2.75, 3.05) is 31.9 Å². The number of nitrogens with two attached hydrogens (primary N) is 1. The first kappa shape index (κ1) is 17.9. The van der Waals surface area contributed by atoms with Gasteiger partial charge >= 0.3 is 0 Å². The summed E-state index contributed by atoms with van der Waals surface area (Å²) in [4.78, 5) is 25.8. The summed E-state index contributed by atoms with van der Waals surface area (Å²) in [6, 6.07) is 16.6. The highest BCUT2D eigenvalue weighted by molar-refractivity contribution is 5.94. The number of para-hydroxylation sites is 1. The second kappa shape index (κ2) is 7.62. The van der Waals surface area contributed by atoms with E-state index in [1.807, 2.05) is 29.2 Å². The molecular formula is C21H20N6O. The zero-order chi connectivity index (χ0) is 19.5. The van der Waals surface area contributed by atoms with E-state index in [9.17, 15) is 4.79 Å². The molecule has 1 fully saturated rings. The Hall–Kier alpha value is -3.50. The molecule has 0 aliphatic carbocycles. The van der Waals surface area contributed by atoms with Gasteiger partial charge in [-0.25, -0.2) is 9.97 Å². The second-order valence-corrected chi connectivity index (χ2v) is 6.80. The van der Waals surface area contributed by atoms with E-state index in [1.165, 1.54) is 0 Å². The summed E-state index contributed by atoms with van der Waals surface area (Å²) < 4.78 is 0. The van der Waals surface area contributed by atoms with Crippen LogP contribution in [0.5, 0.6) is 0 Å². The number of aromatic nitrogens is 2. The molecule has 1 saturated heterocycles. The van der Waals surface area contributed by atoms with Gasteiger partial charge in [0.2, 0.25) is 0 Å². The van der Waals surface area contributed by atoms with Gasteiger partial charge in [-0.15, -0.1) is 0 Å². The first-order chi connectivity index (χ1) is 13.6. The van der Waals surface area contributed by atoms with Crippen LogP contribution in [0.3, 0.4) is 0 Å². The molecule has 140 valence electrons. The molecule has 0 bridgehead atoms. The average Bonchev–Trinajstić information content (AvgIpc) is 2.74. The molecule has 7 heteroatoms. The topological polar surface area (TPSA) is 99.1 Å². The molecule has 0 saturated carbocycles. The summed E-state index contributed by atoms with van der Waals surface area (Å²) in [7, 11) is 0. The van der Waals surface area contributed by atoms with Gasteiger partial charge < -0.3 is 10.6 Å². The minimum absolute atomic E-state index is 0.0389. The van der Waals surface area contributed by atoms with E-state index in [0.717, 1.165) is 24.0 Å². The number of amides is 1. The number of hydrogen-bond acceptors (Lipinski definition) is 6. The fourth-order valence-corrected chi connectivity index (χ4v) is 3.44. The first-order valence-electron chi connectivity index (χ1n) is 9.17. The number of rotatable bonds is 3. The maximum atomic E-state index is 12.7. The Kier molecular flexibility index (Phi) is 4.87. The minimum Gasteiger partial charge on any atom is -0.383 e. The van der Waals surface area contributed by atoms with Crippen LogP contribution in [0.2, 0.25) is 0 Å². The molecule has 1 aliphatic rings. The summed E-state index contributed by atoms with van der Waals surface area (Å²) in [5.74, 6) is 1.15. The fourth-order valence-electron chi connectivity index (χ4n) is 3.44. The molecule has 1 aliphatic heterocycles. The molecule has 28 heavy (non-hydrogen) atoms. The summed E-state index contributed by atoms with van der Waals surface area (Å²) >= 11 is 0. The van der Waals surface area contributed by atoms with Crippen LogP contribution < -0.4 is 5.73 Å². The van der Waals surface area contributed by atoms with Gasteiger partial charge in [0, 0.05) is 37.1 Å². The lowest BCUT2D eigenvalue weighted by atomic mass is 10.1. The normalized spacial score (nSPS) is 14.8. The Morgan fingerprint density at radius 3 is 2.64 bits per heavy atom. The molecule has 0 radical (unpaired) electrons. The maximum Gasteiger partial charge on any atom is 0.253 e. The third-order valence-corrected chi connectivity index (χ3v) is 4.94. The highest BCUT2D eigenvalue weighted by Gasteiger charge is 2.23. The summed E-state index contributed by atoms with van der Waals surface area (Å²) in [6.07, 6.45) is 0. The van der Waals surface area contributed by atoms with Crippen LogP contribution in [-0.4, -0.2) is 51.9 Å². The van der Waals surface area contributed by atoms with E-state index in [4.69, 9.17) is 11.0 Å². The van der Waals surface area contributed by atoms with E-state index in [-0.39, 0.29) is 5.91 Å². The molecular weight excluding hydrogens is 352 g/mol. The Morgan fingerprint density at radius 1 is 1.07 bits per heavy atom. The molecule has 1 amide bonds. The van der Waals surface area contributed by atoms with Gasteiger partial charge in [0.1, 0.15) is 11.6 Å². The first-order valence-corrected chi connectivity index (χ1v) is 9.17. The molecule has 3 aromatic rings. The highest BCUT2D eigenvalue weighted by atomic mass is 16.2. The van der Waals surface area contributed by atoms with Gasteiger partial charge in [-0.05, 0) is 30.3 Å².